The number of tetrazole rings is 1. The van der Waals surface area contributed by atoms with Crippen LogP contribution in [0.3, 0.4) is 0 Å². The van der Waals surface area contributed by atoms with Gasteiger partial charge in [-0.05, 0) is 42.5 Å². The first-order chi connectivity index (χ1) is 9.16. The number of aromatic nitrogens is 4. The summed E-state index contributed by atoms with van der Waals surface area (Å²) < 4.78 is 8.48. The van der Waals surface area contributed by atoms with Gasteiger partial charge in [-0.15, -0.1) is 5.10 Å². The number of rotatable bonds is 6. The fraction of sp³-hybridized carbons (Fsp3) is 0.417. The summed E-state index contributed by atoms with van der Waals surface area (Å²) in [5.41, 5.74) is 0. The predicted molar refractivity (Wildman–Crippen MR) is 78.6 cm³/mol. The number of ether oxygens (including phenoxy) is 1. The molecule has 19 heavy (non-hydrogen) atoms. The smallest absolute Gasteiger partial charge is 0.209 e. The Kier molecular flexibility index (Phi) is 5.21. The van der Waals surface area contributed by atoms with Gasteiger partial charge < -0.3 is 4.74 Å². The highest BCUT2D eigenvalue weighted by Gasteiger charge is 2.09. The maximum atomic E-state index is 5.66. The summed E-state index contributed by atoms with van der Waals surface area (Å²) in [7, 11) is 0. The van der Waals surface area contributed by atoms with Gasteiger partial charge in [0.15, 0.2) is 0 Å². The van der Waals surface area contributed by atoms with E-state index in [2.05, 4.69) is 45.3 Å². The largest absolute Gasteiger partial charge is 0.493 e. The van der Waals surface area contributed by atoms with Crippen molar-refractivity contribution in [2.24, 2.45) is 0 Å². The van der Waals surface area contributed by atoms with Gasteiger partial charge in [0.2, 0.25) is 5.16 Å². The molecule has 0 N–H and O–H groups in total. The van der Waals surface area contributed by atoms with E-state index in [-0.39, 0.29) is 6.04 Å². The molecule has 0 radical (unpaired) electrons. The minimum absolute atomic E-state index is 0.267. The minimum Gasteiger partial charge on any atom is -0.493 e. The van der Waals surface area contributed by atoms with Gasteiger partial charge in [-0.25, -0.2) is 4.68 Å². The number of thioether (sulfide) groups is 1. The Balaban J connectivity index is 1.79. The average molecular weight is 343 g/mol. The summed E-state index contributed by atoms with van der Waals surface area (Å²) in [5, 5.41) is 12.5. The lowest BCUT2D eigenvalue weighted by atomic mass is 10.3. The van der Waals surface area contributed by atoms with Crippen molar-refractivity contribution >= 4 is 27.7 Å². The molecule has 0 unspecified atom stereocenters. The summed E-state index contributed by atoms with van der Waals surface area (Å²) in [4.78, 5) is 0. The molecule has 0 aliphatic carbocycles. The summed E-state index contributed by atoms with van der Waals surface area (Å²) in [6.45, 7) is 4.73. The number of halogens is 1. The van der Waals surface area contributed by atoms with Crippen molar-refractivity contribution in [1.82, 2.24) is 20.2 Å². The van der Waals surface area contributed by atoms with E-state index in [0.717, 1.165) is 21.1 Å². The molecule has 0 aliphatic rings. The van der Waals surface area contributed by atoms with Crippen molar-refractivity contribution in [3.8, 4) is 5.75 Å². The normalized spacial score (nSPS) is 10.9. The molecular weight excluding hydrogens is 328 g/mol. The third-order valence-electron chi connectivity index (χ3n) is 2.33. The summed E-state index contributed by atoms with van der Waals surface area (Å²) in [6, 6.07) is 8.07. The molecule has 2 aromatic rings. The molecule has 1 aromatic carbocycles. The number of nitrogens with zero attached hydrogens (tertiary/aromatic N) is 4. The minimum atomic E-state index is 0.267. The van der Waals surface area contributed by atoms with Crippen LogP contribution in [-0.4, -0.2) is 32.6 Å². The highest BCUT2D eigenvalue weighted by molar-refractivity contribution is 9.10. The number of hydrogen-bond acceptors (Lipinski definition) is 5. The number of hydrogen-bond donors (Lipinski definition) is 0. The first-order valence-electron chi connectivity index (χ1n) is 5.96. The van der Waals surface area contributed by atoms with Crippen LogP contribution in [0.2, 0.25) is 0 Å². The van der Waals surface area contributed by atoms with E-state index in [4.69, 9.17) is 4.74 Å². The van der Waals surface area contributed by atoms with Crippen molar-refractivity contribution in [1.29, 1.82) is 0 Å². The van der Waals surface area contributed by atoms with E-state index in [9.17, 15) is 0 Å². The van der Waals surface area contributed by atoms with Crippen molar-refractivity contribution < 1.29 is 4.74 Å². The fourth-order valence-corrected chi connectivity index (χ4v) is 2.66. The van der Waals surface area contributed by atoms with Gasteiger partial charge in [-0.1, -0.05) is 33.8 Å². The Labute approximate surface area is 124 Å². The second kappa shape index (κ2) is 6.91. The van der Waals surface area contributed by atoms with Crippen molar-refractivity contribution in [2.45, 2.75) is 25.0 Å². The molecule has 0 bridgehead atoms. The van der Waals surface area contributed by atoms with Crippen molar-refractivity contribution in [2.75, 3.05) is 12.4 Å². The Hall–Kier alpha value is -1.08. The van der Waals surface area contributed by atoms with Crippen LogP contribution in [0.4, 0.5) is 0 Å². The lowest BCUT2D eigenvalue weighted by Crippen LogP contribution is -2.06. The molecule has 0 atom stereocenters. The molecule has 0 amide bonds. The van der Waals surface area contributed by atoms with Crippen LogP contribution in [0.15, 0.2) is 33.9 Å². The van der Waals surface area contributed by atoms with E-state index >= 15 is 0 Å². The first-order valence-corrected chi connectivity index (χ1v) is 7.73. The SMILES string of the molecule is CC(C)n1nnnc1SCCOc1cccc(Br)c1. The van der Waals surface area contributed by atoms with Crippen LogP contribution < -0.4 is 4.74 Å². The van der Waals surface area contributed by atoms with E-state index in [0.29, 0.717) is 6.61 Å². The lowest BCUT2D eigenvalue weighted by molar-refractivity contribution is 0.343. The molecule has 0 spiro atoms. The third kappa shape index (κ3) is 4.21. The van der Waals surface area contributed by atoms with Crippen molar-refractivity contribution in [3.05, 3.63) is 28.7 Å². The van der Waals surface area contributed by atoms with Gasteiger partial charge >= 0.3 is 0 Å². The van der Waals surface area contributed by atoms with E-state index < -0.39 is 0 Å². The van der Waals surface area contributed by atoms with Crippen LogP contribution in [0.5, 0.6) is 5.75 Å². The molecule has 0 fully saturated rings. The zero-order valence-corrected chi connectivity index (χ0v) is 13.2. The summed E-state index contributed by atoms with van der Waals surface area (Å²) in [6.07, 6.45) is 0. The predicted octanol–water partition coefficient (Wildman–Crippen LogP) is 3.19. The van der Waals surface area contributed by atoms with Crippen LogP contribution in [0.1, 0.15) is 19.9 Å². The van der Waals surface area contributed by atoms with Crippen LogP contribution in [0, 0.1) is 0 Å². The molecule has 0 saturated heterocycles. The average Bonchev–Trinajstić information content (AvgIpc) is 2.83. The Morgan fingerprint density at radius 2 is 2.26 bits per heavy atom. The fourth-order valence-electron chi connectivity index (χ4n) is 1.45. The molecule has 5 nitrogen and oxygen atoms in total. The van der Waals surface area contributed by atoms with E-state index in [1.807, 2.05) is 28.9 Å². The molecule has 102 valence electrons. The molecular formula is C12H15BrN4OS. The Morgan fingerprint density at radius 1 is 1.42 bits per heavy atom. The van der Waals surface area contributed by atoms with E-state index in [1.165, 1.54) is 0 Å². The van der Waals surface area contributed by atoms with Gasteiger partial charge in [-0.2, -0.15) is 0 Å². The quantitative estimate of drug-likeness (QED) is 0.596. The summed E-state index contributed by atoms with van der Waals surface area (Å²) in [5.74, 6) is 1.66. The maximum Gasteiger partial charge on any atom is 0.209 e. The second-order valence-electron chi connectivity index (χ2n) is 4.15. The monoisotopic (exact) mass is 342 g/mol. The van der Waals surface area contributed by atoms with Gasteiger partial charge in [0.25, 0.3) is 0 Å². The van der Waals surface area contributed by atoms with Gasteiger partial charge in [-0.3, -0.25) is 0 Å². The summed E-state index contributed by atoms with van der Waals surface area (Å²) >= 11 is 5.01. The highest BCUT2D eigenvalue weighted by atomic mass is 79.9. The second-order valence-corrected chi connectivity index (χ2v) is 6.13. The maximum absolute atomic E-state index is 5.66. The third-order valence-corrected chi connectivity index (χ3v) is 3.72. The van der Waals surface area contributed by atoms with Gasteiger partial charge in [0.05, 0.1) is 12.6 Å². The standard InChI is InChI=1S/C12H15BrN4OS/c1-9(2)17-12(14-15-16-17)19-7-6-18-11-5-3-4-10(13)8-11/h3-5,8-9H,6-7H2,1-2H3. The molecule has 0 aliphatic heterocycles. The van der Waals surface area contributed by atoms with Gasteiger partial charge in [0.1, 0.15) is 5.75 Å². The Morgan fingerprint density at radius 3 is 3.00 bits per heavy atom. The molecule has 1 aromatic heterocycles. The van der Waals surface area contributed by atoms with E-state index in [1.54, 1.807) is 11.8 Å². The van der Waals surface area contributed by atoms with Crippen LogP contribution >= 0.6 is 27.7 Å². The molecule has 2 rings (SSSR count). The highest BCUT2D eigenvalue weighted by Crippen LogP contribution is 2.20. The topological polar surface area (TPSA) is 52.8 Å². The number of benzene rings is 1. The molecule has 1 heterocycles. The van der Waals surface area contributed by atoms with Gasteiger partial charge in [0, 0.05) is 10.2 Å². The lowest BCUT2D eigenvalue weighted by Gasteiger charge is -2.08. The zero-order valence-electron chi connectivity index (χ0n) is 10.8. The van der Waals surface area contributed by atoms with Crippen molar-refractivity contribution in [3.63, 3.8) is 0 Å². The zero-order chi connectivity index (χ0) is 13.7. The van der Waals surface area contributed by atoms with Crippen LogP contribution in [0.25, 0.3) is 0 Å². The molecule has 0 saturated carbocycles. The van der Waals surface area contributed by atoms with Crippen LogP contribution in [-0.2, 0) is 0 Å². The first kappa shape index (κ1) is 14.3. The molecule has 7 heteroatoms. The Bertz CT molecular complexity index is 532.